The van der Waals surface area contributed by atoms with Gasteiger partial charge in [-0.3, -0.25) is 14.4 Å². The molecular formula is C16H18N2O4. The zero-order valence-corrected chi connectivity index (χ0v) is 12.8. The topological polar surface area (TPSA) is 77.4 Å². The van der Waals surface area contributed by atoms with Gasteiger partial charge in [0.05, 0.1) is 5.52 Å². The Balaban J connectivity index is 2.38. The van der Waals surface area contributed by atoms with E-state index in [0.717, 1.165) is 0 Å². The number of rotatable bonds is 3. The minimum atomic E-state index is -0.602. The van der Waals surface area contributed by atoms with Crippen molar-refractivity contribution in [2.45, 2.75) is 26.4 Å². The summed E-state index contributed by atoms with van der Waals surface area (Å²) in [6, 6.07) is 9.09. The van der Waals surface area contributed by atoms with Crippen LogP contribution in [0.25, 0.3) is 10.9 Å². The van der Waals surface area contributed by atoms with E-state index in [-0.39, 0.29) is 12.0 Å². The lowest BCUT2D eigenvalue weighted by Gasteiger charge is -2.20. The van der Waals surface area contributed by atoms with Gasteiger partial charge in [0.2, 0.25) is 0 Å². The second-order valence-corrected chi connectivity index (χ2v) is 5.81. The van der Waals surface area contributed by atoms with Crippen molar-refractivity contribution in [1.82, 2.24) is 4.68 Å². The maximum absolute atomic E-state index is 12.1. The van der Waals surface area contributed by atoms with Crippen LogP contribution in [0.2, 0.25) is 0 Å². The Hall–Kier alpha value is -2.63. The van der Waals surface area contributed by atoms with Gasteiger partial charge >= 0.3 is 5.97 Å². The molecular weight excluding hydrogens is 284 g/mol. The van der Waals surface area contributed by atoms with Gasteiger partial charge in [-0.25, -0.2) is 4.68 Å². The number of ether oxygens (including phenoxy) is 1. The smallest absolute Gasteiger partial charge is 0.327 e. The van der Waals surface area contributed by atoms with Crippen molar-refractivity contribution in [2.75, 3.05) is 12.0 Å². The third-order valence-corrected chi connectivity index (χ3v) is 2.81. The van der Waals surface area contributed by atoms with Gasteiger partial charge in [0, 0.05) is 11.5 Å². The van der Waals surface area contributed by atoms with Crippen LogP contribution < -0.4 is 16.4 Å². The van der Waals surface area contributed by atoms with Crippen LogP contribution in [0.1, 0.15) is 20.8 Å². The molecule has 6 nitrogen and oxygen atoms in total. The number of nitrogens with zero attached hydrogens (tertiary/aromatic N) is 1. The first-order valence-corrected chi connectivity index (χ1v) is 6.89. The molecule has 0 aliphatic rings. The summed E-state index contributed by atoms with van der Waals surface area (Å²) >= 11 is 0. The van der Waals surface area contributed by atoms with Crippen molar-refractivity contribution in [2.24, 2.45) is 0 Å². The van der Waals surface area contributed by atoms with Crippen LogP contribution in [-0.2, 0) is 9.53 Å². The molecule has 0 saturated carbocycles. The summed E-state index contributed by atoms with van der Waals surface area (Å²) in [4.78, 5) is 35.8. The van der Waals surface area contributed by atoms with Gasteiger partial charge in [0.1, 0.15) is 12.1 Å². The lowest BCUT2D eigenvalue weighted by Crippen LogP contribution is -2.34. The molecule has 0 aliphatic heterocycles. The van der Waals surface area contributed by atoms with E-state index in [2.05, 4.69) is 5.43 Å². The number of carbonyl (C=O) groups is 1. The highest BCUT2D eigenvalue weighted by molar-refractivity contribution is 5.79. The summed E-state index contributed by atoms with van der Waals surface area (Å²) in [5, 5.41) is 0.390. The number of esters is 1. The maximum atomic E-state index is 12.1. The number of fused-ring (bicyclic) bond motifs is 1. The second-order valence-electron chi connectivity index (χ2n) is 5.81. The largest absolute Gasteiger partial charge is 0.459 e. The van der Waals surface area contributed by atoms with E-state index in [1.807, 2.05) is 0 Å². The molecule has 0 unspecified atom stereocenters. The monoisotopic (exact) mass is 302 g/mol. The maximum Gasteiger partial charge on any atom is 0.327 e. The summed E-state index contributed by atoms with van der Waals surface area (Å²) in [6.45, 7) is 5.11. The Morgan fingerprint density at radius 3 is 2.50 bits per heavy atom. The van der Waals surface area contributed by atoms with Crippen LogP contribution in [0, 0.1) is 0 Å². The fourth-order valence-electron chi connectivity index (χ4n) is 1.99. The van der Waals surface area contributed by atoms with Gasteiger partial charge in [-0.05, 0) is 39.0 Å². The number of hydrogen-bond donors (Lipinski definition) is 1. The lowest BCUT2D eigenvalue weighted by molar-refractivity contribution is -0.152. The Morgan fingerprint density at radius 2 is 1.82 bits per heavy atom. The van der Waals surface area contributed by atoms with Crippen LogP contribution in [0.3, 0.4) is 0 Å². The fraction of sp³-hybridized carbons (Fsp3) is 0.312. The molecule has 22 heavy (non-hydrogen) atoms. The summed E-state index contributed by atoms with van der Waals surface area (Å²) in [5.74, 6) is -0.489. The van der Waals surface area contributed by atoms with Gasteiger partial charge in [-0.15, -0.1) is 0 Å². The predicted molar refractivity (Wildman–Crippen MR) is 84.6 cm³/mol. The normalized spacial score (nSPS) is 11.2. The van der Waals surface area contributed by atoms with Crippen LogP contribution >= 0.6 is 0 Å². The Bertz CT molecular complexity index is 819. The zero-order valence-electron chi connectivity index (χ0n) is 12.8. The molecule has 0 radical (unpaired) electrons. The first kappa shape index (κ1) is 15.8. The quantitative estimate of drug-likeness (QED) is 0.863. The summed E-state index contributed by atoms with van der Waals surface area (Å²) in [5.41, 5.74) is 1.84. The standard InChI is InChI=1S/C16H18N2O4/c1-16(2,3)22-15(21)10-17-18-12-7-5-4-6-11(12)13(19)8-9-14(18)20/h4-9,17H,10H2,1-3H3. The van der Waals surface area contributed by atoms with Gasteiger partial charge in [-0.1, -0.05) is 12.1 Å². The molecule has 1 aromatic heterocycles. The van der Waals surface area contributed by atoms with E-state index < -0.39 is 17.1 Å². The predicted octanol–water partition coefficient (Wildman–Crippen LogP) is 1.25. The molecule has 0 saturated heterocycles. The number of benzene rings is 1. The van der Waals surface area contributed by atoms with E-state index in [4.69, 9.17) is 4.74 Å². The lowest BCUT2D eigenvalue weighted by atomic mass is 10.2. The van der Waals surface area contributed by atoms with Gasteiger partial charge in [-0.2, -0.15) is 0 Å². The summed E-state index contributed by atoms with van der Waals surface area (Å²) in [6.07, 6.45) is 0. The summed E-state index contributed by atoms with van der Waals surface area (Å²) < 4.78 is 6.36. The van der Waals surface area contributed by atoms with Crippen molar-refractivity contribution in [3.05, 3.63) is 57.0 Å². The molecule has 0 spiro atoms. The van der Waals surface area contributed by atoms with Crippen molar-refractivity contribution >= 4 is 16.9 Å². The average molecular weight is 302 g/mol. The number of carbonyl (C=O) groups excluding carboxylic acids is 1. The molecule has 1 heterocycles. The molecule has 0 atom stereocenters. The number of hydrogen-bond acceptors (Lipinski definition) is 5. The van der Waals surface area contributed by atoms with E-state index in [0.29, 0.717) is 10.9 Å². The average Bonchev–Trinajstić information content (AvgIpc) is 2.54. The highest BCUT2D eigenvalue weighted by Crippen LogP contribution is 2.07. The van der Waals surface area contributed by atoms with Crippen molar-refractivity contribution in [3.63, 3.8) is 0 Å². The molecule has 2 rings (SSSR count). The molecule has 116 valence electrons. The van der Waals surface area contributed by atoms with Crippen molar-refractivity contribution in [1.29, 1.82) is 0 Å². The van der Waals surface area contributed by atoms with Gasteiger partial charge < -0.3 is 10.2 Å². The van der Waals surface area contributed by atoms with Crippen molar-refractivity contribution < 1.29 is 9.53 Å². The Morgan fingerprint density at radius 1 is 1.14 bits per heavy atom. The molecule has 2 aromatic rings. The number of para-hydroxylation sites is 1. The van der Waals surface area contributed by atoms with Gasteiger partial charge in [0.15, 0.2) is 5.43 Å². The number of aromatic nitrogens is 1. The second kappa shape index (κ2) is 6.01. The zero-order chi connectivity index (χ0) is 16.3. The van der Waals surface area contributed by atoms with Crippen LogP contribution in [0.5, 0.6) is 0 Å². The first-order chi connectivity index (χ1) is 10.3. The molecule has 1 aromatic carbocycles. The van der Waals surface area contributed by atoms with Crippen LogP contribution in [0.4, 0.5) is 0 Å². The molecule has 6 heteroatoms. The first-order valence-electron chi connectivity index (χ1n) is 6.89. The number of nitrogens with one attached hydrogen (secondary N) is 1. The third-order valence-electron chi connectivity index (χ3n) is 2.81. The highest BCUT2D eigenvalue weighted by Gasteiger charge is 2.16. The van der Waals surface area contributed by atoms with E-state index in [1.165, 1.54) is 16.8 Å². The Kier molecular flexibility index (Phi) is 4.30. The molecule has 1 N–H and O–H groups in total. The minimum Gasteiger partial charge on any atom is -0.459 e. The molecule has 0 amide bonds. The minimum absolute atomic E-state index is 0.181. The van der Waals surface area contributed by atoms with Crippen molar-refractivity contribution in [3.8, 4) is 0 Å². The van der Waals surface area contributed by atoms with Gasteiger partial charge in [0.25, 0.3) is 5.56 Å². The van der Waals surface area contributed by atoms with Crippen LogP contribution in [-0.4, -0.2) is 22.8 Å². The SMILES string of the molecule is CC(C)(C)OC(=O)CNn1c(=O)ccc(=O)c2ccccc21. The van der Waals surface area contributed by atoms with E-state index in [9.17, 15) is 14.4 Å². The summed E-state index contributed by atoms with van der Waals surface area (Å²) in [7, 11) is 0. The van der Waals surface area contributed by atoms with Crippen LogP contribution in [0.15, 0.2) is 46.0 Å². The third kappa shape index (κ3) is 3.72. The Labute approximate surface area is 127 Å². The molecule has 0 fully saturated rings. The van der Waals surface area contributed by atoms with E-state index in [1.54, 1.807) is 45.0 Å². The van der Waals surface area contributed by atoms with E-state index >= 15 is 0 Å². The fourth-order valence-corrected chi connectivity index (χ4v) is 1.99. The highest BCUT2D eigenvalue weighted by atomic mass is 16.6. The molecule has 0 aliphatic carbocycles. The molecule has 0 bridgehead atoms.